The lowest BCUT2D eigenvalue weighted by Gasteiger charge is -2.63. The van der Waals surface area contributed by atoms with Gasteiger partial charge in [0.25, 0.3) is 0 Å². The molecule has 0 bridgehead atoms. The molecule has 0 heterocycles. The fourth-order valence-electron chi connectivity index (χ4n) is 8.79. The second-order valence-corrected chi connectivity index (χ2v) is 12.4. The van der Waals surface area contributed by atoms with Gasteiger partial charge in [0.15, 0.2) is 0 Å². The second-order valence-electron chi connectivity index (χ2n) is 12.4. The molecule has 5 N–H and O–H groups in total. The number of nitrogens with one attached hydrogen (secondary N) is 1. The van der Waals surface area contributed by atoms with Crippen LogP contribution in [0.2, 0.25) is 0 Å². The Bertz CT molecular complexity index is 629. The molecule has 11 atom stereocenters. The third-order valence-electron chi connectivity index (χ3n) is 10.5. The van der Waals surface area contributed by atoms with E-state index in [-0.39, 0.29) is 41.1 Å². The summed E-state index contributed by atoms with van der Waals surface area (Å²) in [6.07, 6.45) is 7.99. The summed E-state index contributed by atoms with van der Waals surface area (Å²) in [7, 11) is 0. The maximum absolute atomic E-state index is 11.5. The van der Waals surface area contributed by atoms with Crippen LogP contribution in [0.5, 0.6) is 0 Å². The lowest BCUT2D eigenvalue weighted by atomic mass is 9.43. The molecule has 180 valence electrons. The van der Waals surface area contributed by atoms with Crippen LogP contribution in [0.25, 0.3) is 0 Å². The van der Waals surface area contributed by atoms with Gasteiger partial charge in [0.2, 0.25) is 0 Å². The van der Waals surface area contributed by atoms with Gasteiger partial charge in [-0.05, 0) is 118 Å². The van der Waals surface area contributed by atoms with E-state index >= 15 is 0 Å². The van der Waals surface area contributed by atoms with Crippen molar-refractivity contribution in [3.8, 4) is 0 Å². The Morgan fingerprint density at radius 1 is 0.968 bits per heavy atom. The van der Waals surface area contributed by atoms with Crippen LogP contribution in [-0.2, 0) is 0 Å². The normalized spacial score (nSPS) is 50.6. The van der Waals surface area contributed by atoms with Gasteiger partial charge in [-0.25, -0.2) is 0 Å². The van der Waals surface area contributed by atoms with E-state index in [4.69, 9.17) is 0 Å². The monoisotopic (exact) mass is 437 g/mol. The highest BCUT2D eigenvalue weighted by Gasteiger charge is 2.65. The van der Waals surface area contributed by atoms with Crippen LogP contribution in [0.15, 0.2) is 0 Å². The molecule has 0 aromatic carbocycles. The average Bonchev–Trinajstić information content (AvgIpc) is 3.01. The van der Waals surface area contributed by atoms with Gasteiger partial charge < -0.3 is 20.4 Å². The molecular formula is C26H47NO4. The van der Waals surface area contributed by atoms with Crippen molar-refractivity contribution in [2.45, 2.75) is 122 Å². The summed E-state index contributed by atoms with van der Waals surface area (Å²) in [5.74, 6) is 1.85. The molecule has 4 aliphatic rings. The summed E-state index contributed by atoms with van der Waals surface area (Å²) in [5.41, 5.74) is 0.00605. The second kappa shape index (κ2) is 8.87. The van der Waals surface area contributed by atoms with Crippen molar-refractivity contribution < 1.29 is 20.4 Å². The third-order valence-corrected chi connectivity index (χ3v) is 10.5. The number of aliphatic hydroxyl groups excluding tert-OH is 4. The summed E-state index contributed by atoms with van der Waals surface area (Å²) < 4.78 is 0. The number of hydrogen-bond acceptors (Lipinski definition) is 5. The van der Waals surface area contributed by atoms with Gasteiger partial charge in [-0.2, -0.15) is 0 Å². The molecule has 0 saturated heterocycles. The largest absolute Gasteiger partial charge is 0.393 e. The zero-order valence-corrected chi connectivity index (χ0v) is 20.1. The number of rotatable bonds is 6. The van der Waals surface area contributed by atoms with Gasteiger partial charge in [0.1, 0.15) is 6.23 Å². The molecule has 31 heavy (non-hydrogen) atoms. The Morgan fingerprint density at radius 2 is 1.71 bits per heavy atom. The molecule has 5 unspecified atom stereocenters. The van der Waals surface area contributed by atoms with Crippen LogP contribution in [-0.4, -0.2) is 51.0 Å². The molecular weight excluding hydrogens is 390 g/mol. The van der Waals surface area contributed by atoms with Crippen molar-refractivity contribution in [1.82, 2.24) is 5.32 Å². The Morgan fingerprint density at radius 3 is 2.42 bits per heavy atom. The minimum atomic E-state index is -0.454. The lowest BCUT2D eigenvalue weighted by Crippen LogP contribution is -2.62. The van der Waals surface area contributed by atoms with Crippen molar-refractivity contribution in [2.75, 3.05) is 0 Å². The predicted octanol–water partition coefficient (Wildman–Crippen LogP) is 3.43. The summed E-state index contributed by atoms with van der Waals surface area (Å²) in [6, 6.07) is 0.277. The van der Waals surface area contributed by atoms with E-state index in [0.29, 0.717) is 23.7 Å². The minimum Gasteiger partial charge on any atom is -0.393 e. The average molecular weight is 438 g/mol. The van der Waals surface area contributed by atoms with Crippen LogP contribution in [0, 0.1) is 40.4 Å². The molecule has 4 aliphatic carbocycles. The SMILES string of the molecule is CC(C)NC(O)CCC[C@H]1CCC2C3C(C[C@H](O)[C@@]21C)[C@@]1(C)CC[C@@H](O)CC1C[C@H]3O. The van der Waals surface area contributed by atoms with E-state index in [9.17, 15) is 20.4 Å². The topological polar surface area (TPSA) is 93.0 Å². The number of hydrogen-bond donors (Lipinski definition) is 5. The van der Waals surface area contributed by atoms with E-state index in [1.54, 1.807) is 0 Å². The molecule has 0 aromatic heterocycles. The molecule has 0 amide bonds. The molecule has 4 fully saturated rings. The Labute approximate surface area is 189 Å². The van der Waals surface area contributed by atoms with Gasteiger partial charge in [0.05, 0.1) is 18.3 Å². The molecule has 5 nitrogen and oxygen atoms in total. The first kappa shape index (κ1) is 23.9. The number of fused-ring (bicyclic) bond motifs is 5. The summed E-state index contributed by atoms with van der Waals surface area (Å²) in [6.45, 7) is 8.78. The van der Waals surface area contributed by atoms with Crippen molar-refractivity contribution >= 4 is 0 Å². The van der Waals surface area contributed by atoms with Crippen LogP contribution in [0.1, 0.15) is 91.9 Å². The molecule has 4 rings (SSSR count). The minimum absolute atomic E-state index is 0.129. The lowest BCUT2D eigenvalue weighted by molar-refractivity contribution is -0.204. The highest BCUT2D eigenvalue weighted by Crippen LogP contribution is 2.67. The van der Waals surface area contributed by atoms with Gasteiger partial charge in [0, 0.05) is 6.04 Å². The van der Waals surface area contributed by atoms with Crippen molar-refractivity contribution in [2.24, 2.45) is 40.4 Å². The maximum atomic E-state index is 11.5. The highest BCUT2D eigenvalue weighted by atomic mass is 16.3. The fourth-order valence-corrected chi connectivity index (χ4v) is 8.79. The molecule has 0 radical (unpaired) electrons. The van der Waals surface area contributed by atoms with Crippen LogP contribution in [0.4, 0.5) is 0 Å². The van der Waals surface area contributed by atoms with E-state index in [1.165, 1.54) is 0 Å². The first-order valence-electron chi connectivity index (χ1n) is 13.1. The van der Waals surface area contributed by atoms with Gasteiger partial charge in [-0.3, -0.25) is 5.32 Å². The third kappa shape index (κ3) is 4.12. The summed E-state index contributed by atoms with van der Waals surface area (Å²) >= 11 is 0. The predicted molar refractivity (Wildman–Crippen MR) is 122 cm³/mol. The first-order valence-corrected chi connectivity index (χ1v) is 13.1. The van der Waals surface area contributed by atoms with Gasteiger partial charge in [-0.15, -0.1) is 0 Å². The van der Waals surface area contributed by atoms with E-state index in [1.807, 2.05) is 13.8 Å². The van der Waals surface area contributed by atoms with Crippen LogP contribution in [0.3, 0.4) is 0 Å². The Hall–Kier alpha value is -0.200. The maximum Gasteiger partial charge on any atom is 0.105 e. The fraction of sp³-hybridized carbons (Fsp3) is 1.00. The summed E-state index contributed by atoms with van der Waals surface area (Å²) in [4.78, 5) is 0. The molecule has 0 spiro atoms. The van der Waals surface area contributed by atoms with E-state index < -0.39 is 6.23 Å². The highest BCUT2D eigenvalue weighted by molar-refractivity contribution is 5.13. The molecule has 0 aromatic rings. The van der Waals surface area contributed by atoms with Crippen molar-refractivity contribution in [1.29, 1.82) is 0 Å². The zero-order valence-electron chi connectivity index (χ0n) is 20.1. The van der Waals surface area contributed by atoms with Crippen LogP contribution >= 0.6 is 0 Å². The smallest absolute Gasteiger partial charge is 0.105 e. The molecule has 4 saturated carbocycles. The zero-order chi connectivity index (χ0) is 22.6. The Balaban J connectivity index is 1.48. The number of aliphatic hydroxyl groups is 4. The Kier molecular flexibility index (Phi) is 6.85. The van der Waals surface area contributed by atoms with Crippen LogP contribution < -0.4 is 5.32 Å². The van der Waals surface area contributed by atoms with Gasteiger partial charge >= 0.3 is 0 Å². The quantitative estimate of drug-likeness (QED) is 0.411. The van der Waals surface area contributed by atoms with E-state index in [2.05, 4.69) is 19.2 Å². The van der Waals surface area contributed by atoms with E-state index in [0.717, 1.165) is 64.2 Å². The van der Waals surface area contributed by atoms with Crippen molar-refractivity contribution in [3.63, 3.8) is 0 Å². The first-order chi connectivity index (χ1) is 14.6. The van der Waals surface area contributed by atoms with Crippen molar-refractivity contribution in [3.05, 3.63) is 0 Å². The molecule has 0 aliphatic heterocycles. The summed E-state index contributed by atoms with van der Waals surface area (Å²) in [5, 5.41) is 46.4. The standard InChI is InChI=1S/C26H47NO4/c1-15(2)27-23(31)7-5-6-16-8-9-19-24-20(14-22(30)26(16,19)4)25(3)11-10-18(28)12-17(25)13-21(24)29/h15-24,27-31H,5-14H2,1-4H3/t16-,17?,18+,19?,20?,21+,22-,23?,24?,25-,26+/m0/s1. The molecule has 5 heteroatoms. The van der Waals surface area contributed by atoms with Gasteiger partial charge in [-0.1, -0.05) is 13.8 Å².